The summed E-state index contributed by atoms with van der Waals surface area (Å²) in [6.07, 6.45) is 5.24. The first kappa shape index (κ1) is 34.6. The number of rotatable bonds is 6. The number of aryl methyl sites for hydroxylation is 1. The van der Waals surface area contributed by atoms with Crippen LogP contribution in [0.1, 0.15) is 25.1 Å². The third-order valence-electron chi connectivity index (χ3n) is 7.73. The molecule has 0 saturated carbocycles. The molecule has 235 valence electrons. The summed E-state index contributed by atoms with van der Waals surface area (Å²) >= 11 is 0. The maximum absolute atomic E-state index is 6.04. The fourth-order valence-electron chi connectivity index (χ4n) is 5.37. The van der Waals surface area contributed by atoms with Gasteiger partial charge in [0.05, 0.1) is 21.7 Å². The smallest absolute Gasteiger partial charge is 0.216 e. The first-order valence-electron chi connectivity index (χ1n) is 15.4. The molecule has 7 heteroatoms. The molecular formula is C38H43IrN3OSi2-2. The van der Waals surface area contributed by atoms with E-state index in [0.717, 1.165) is 51.0 Å². The summed E-state index contributed by atoms with van der Waals surface area (Å²) in [4.78, 5) is 13.9. The molecule has 0 atom stereocenters. The summed E-state index contributed by atoms with van der Waals surface area (Å²) < 4.78 is 6.04. The van der Waals surface area contributed by atoms with Crippen LogP contribution in [0.25, 0.3) is 44.6 Å². The van der Waals surface area contributed by atoms with Gasteiger partial charge in [-0.25, -0.2) is 4.98 Å². The van der Waals surface area contributed by atoms with E-state index in [0.29, 0.717) is 11.6 Å². The van der Waals surface area contributed by atoms with Crippen molar-refractivity contribution >= 4 is 48.6 Å². The molecule has 2 aromatic carbocycles. The number of pyridine rings is 3. The largest absolute Gasteiger partial charge is 0.486 e. The molecule has 0 aliphatic heterocycles. The van der Waals surface area contributed by atoms with Gasteiger partial charge in [-0.15, -0.1) is 54.1 Å². The average molecular weight is 806 g/mol. The molecule has 0 N–H and O–H groups in total. The van der Waals surface area contributed by atoms with Gasteiger partial charge in [-0.05, 0) is 53.2 Å². The summed E-state index contributed by atoms with van der Waals surface area (Å²) in [5.74, 6) is 0.667. The zero-order valence-electron chi connectivity index (χ0n) is 27.9. The minimum atomic E-state index is -1.35. The van der Waals surface area contributed by atoms with Crippen molar-refractivity contribution in [1.82, 2.24) is 15.0 Å². The Morgan fingerprint density at radius 3 is 2.16 bits per heavy atom. The quantitative estimate of drug-likeness (QED) is 0.125. The maximum atomic E-state index is 6.04. The minimum Gasteiger partial charge on any atom is -0.486 e. The SMILES string of the molecule is CC(C)Cc1cc(-c2[c-]cccc2)ncc1[Si](C)(C)C.Cc1ccc2c(n1)oc1c(-c3ccc([Si](C)(C)C)cn3)[c-]ccc12.[Ir]. The van der Waals surface area contributed by atoms with Crippen molar-refractivity contribution in [3.8, 4) is 22.5 Å². The van der Waals surface area contributed by atoms with Crippen LogP contribution in [0.2, 0.25) is 39.3 Å². The van der Waals surface area contributed by atoms with Crippen molar-refractivity contribution in [3.05, 3.63) is 103 Å². The number of benzene rings is 2. The molecule has 0 saturated heterocycles. The van der Waals surface area contributed by atoms with Crippen LogP contribution in [0, 0.1) is 25.0 Å². The van der Waals surface area contributed by atoms with Crippen molar-refractivity contribution in [3.63, 3.8) is 0 Å². The molecule has 4 aromatic heterocycles. The van der Waals surface area contributed by atoms with Crippen LogP contribution in [0.5, 0.6) is 0 Å². The molecule has 0 spiro atoms. The van der Waals surface area contributed by atoms with Gasteiger partial charge in [0.25, 0.3) is 0 Å². The van der Waals surface area contributed by atoms with Crippen molar-refractivity contribution in [2.45, 2.75) is 66.5 Å². The van der Waals surface area contributed by atoms with Gasteiger partial charge >= 0.3 is 0 Å². The molecule has 0 bridgehead atoms. The van der Waals surface area contributed by atoms with Gasteiger partial charge in [0.15, 0.2) is 0 Å². The molecule has 0 unspecified atom stereocenters. The number of hydrogen-bond acceptors (Lipinski definition) is 4. The molecule has 45 heavy (non-hydrogen) atoms. The second-order valence-electron chi connectivity index (χ2n) is 14.0. The molecule has 4 heterocycles. The number of fused-ring (bicyclic) bond motifs is 3. The van der Waals surface area contributed by atoms with Crippen molar-refractivity contribution in [2.75, 3.05) is 0 Å². The summed E-state index contributed by atoms with van der Waals surface area (Å²) in [6.45, 7) is 20.7. The minimum absolute atomic E-state index is 0. The number of furan rings is 1. The Kier molecular flexibility index (Phi) is 10.8. The van der Waals surface area contributed by atoms with Crippen LogP contribution in [-0.4, -0.2) is 31.1 Å². The zero-order valence-corrected chi connectivity index (χ0v) is 32.3. The standard InChI is InChI=1S/C20H19N2OSi.C18H24NSi.Ir/c1-13-8-10-16-15-6-5-7-17(19(15)23-20(16)22-13)18-11-9-14(12-21-18)24(2,3)4;1-14(2)11-16-12-17(15-9-7-6-8-10-15)19-13-18(16)20(3,4)5;/h5-6,8-12H,1-4H3;6-9,12-14H,11H2,1-5H3;/q2*-1;. The molecule has 4 nitrogen and oxygen atoms in total. The predicted octanol–water partition coefficient (Wildman–Crippen LogP) is 8.99. The number of nitrogens with zero attached hydrogens (tertiary/aromatic N) is 3. The second-order valence-corrected chi connectivity index (χ2v) is 24.2. The Morgan fingerprint density at radius 1 is 0.778 bits per heavy atom. The van der Waals surface area contributed by atoms with Gasteiger partial charge in [-0.3, -0.25) is 0 Å². The third kappa shape index (κ3) is 8.14. The summed E-state index contributed by atoms with van der Waals surface area (Å²) in [5, 5.41) is 4.93. The molecule has 0 amide bonds. The van der Waals surface area contributed by atoms with Gasteiger partial charge in [0, 0.05) is 43.6 Å². The van der Waals surface area contributed by atoms with Gasteiger partial charge in [0.1, 0.15) is 0 Å². The Bertz CT molecular complexity index is 1890. The van der Waals surface area contributed by atoms with Crippen LogP contribution in [0.15, 0.2) is 83.5 Å². The summed E-state index contributed by atoms with van der Waals surface area (Å²) in [7, 11) is -2.69. The Labute approximate surface area is 284 Å². The van der Waals surface area contributed by atoms with E-state index >= 15 is 0 Å². The fourth-order valence-corrected chi connectivity index (χ4v) is 8.00. The van der Waals surface area contributed by atoms with Crippen LogP contribution in [0.3, 0.4) is 0 Å². The van der Waals surface area contributed by atoms with Crippen LogP contribution >= 0.6 is 0 Å². The van der Waals surface area contributed by atoms with E-state index in [-0.39, 0.29) is 20.1 Å². The monoisotopic (exact) mass is 806 g/mol. The first-order valence-corrected chi connectivity index (χ1v) is 22.4. The third-order valence-corrected chi connectivity index (χ3v) is 11.8. The normalized spacial score (nSPS) is 11.8. The summed E-state index contributed by atoms with van der Waals surface area (Å²) in [5.41, 5.74) is 7.81. The Hall–Kier alpha value is -3.23. The molecule has 1 radical (unpaired) electrons. The van der Waals surface area contributed by atoms with Gasteiger partial charge in [0.2, 0.25) is 5.71 Å². The number of aromatic nitrogens is 3. The van der Waals surface area contributed by atoms with E-state index in [9.17, 15) is 0 Å². The molecule has 0 aliphatic carbocycles. The summed E-state index contributed by atoms with van der Waals surface area (Å²) in [6, 6.07) is 29.2. The van der Waals surface area contributed by atoms with Crippen molar-refractivity contribution in [2.24, 2.45) is 5.92 Å². The molecule has 0 fully saturated rings. The molecular weight excluding hydrogens is 763 g/mol. The van der Waals surface area contributed by atoms with Crippen LogP contribution < -0.4 is 10.4 Å². The zero-order chi connectivity index (χ0) is 31.6. The van der Waals surface area contributed by atoms with Crippen molar-refractivity contribution in [1.29, 1.82) is 0 Å². The van der Waals surface area contributed by atoms with E-state index in [1.807, 2.05) is 49.5 Å². The topological polar surface area (TPSA) is 51.8 Å². The van der Waals surface area contributed by atoms with E-state index in [1.54, 1.807) is 0 Å². The second kappa shape index (κ2) is 14.0. The first-order chi connectivity index (χ1) is 20.8. The predicted molar refractivity (Wildman–Crippen MR) is 191 cm³/mol. The molecule has 6 rings (SSSR count). The molecule has 6 aromatic rings. The van der Waals surface area contributed by atoms with Crippen LogP contribution in [-0.2, 0) is 26.5 Å². The fraction of sp³-hybridized carbons (Fsp3) is 0.289. The number of hydrogen-bond donors (Lipinski definition) is 0. The average Bonchev–Trinajstić information content (AvgIpc) is 3.34. The van der Waals surface area contributed by atoms with E-state index in [2.05, 4.69) is 117 Å². The van der Waals surface area contributed by atoms with Gasteiger partial charge < -0.3 is 14.4 Å². The maximum Gasteiger partial charge on any atom is 0.216 e. The molecule has 0 aliphatic rings. The van der Waals surface area contributed by atoms with E-state index in [4.69, 9.17) is 4.42 Å². The van der Waals surface area contributed by atoms with E-state index in [1.165, 1.54) is 15.9 Å². The Morgan fingerprint density at radius 2 is 1.53 bits per heavy atom. The van der Waals surface area contributed by atoms with Crippen molar-refractivity contribution < 1.29 is 24.5 Å². The van der Waals surface area contributed by atoms with Crippen LogP contribution in [0.4, 0.5) is 0 Å². The van der Waals surface area contributed by atoms with Gasteiger partial charge in [-0.2, -0.15) is 0 Å². The Balaban J connectivity index is 0.000000204. The van der Waals surface area contributed by atoms with E-state index < -0.39 is 16.1 Å². The van der Waals surface area contributed by atoms with Gasteiger partial charge in [-0.1, -0.05) is 87.8 Å².